The van der Waals surface area contributed by atoms with E-state index in [-0.39, 0.29) is 5.56 Å². The minimum Gasteiger partial charge on any atom is -0.355 e. The molecule has 1 fully saturated rings. The van der Waals surface area contributed by atoms with Gasteiger partial charge in [-0.05, 0) is 57.4 Å². The number of hydrogen-bond acceptors (Lipinski definition) is 5. The molecule has 0 radical (unpaired) electrons. The largest absolute Gasteiger partial charge is 0.416 e. The smallest absolute Gasteiger partial charge is 0.355 e. The van der Waals surface area contributed by atoms with Gasteiger partial charge in [-0.2, -0.15) is 18.2 Å². The van der Waals surface area contributed by atoms with Gasteiger partial charge in [-0.25, -0.2) is 4.98 Å². The Balaban J connectivity index is 1.65. The molecular weight excluding hydrogens is 367 g/mol. The lowest BCUT2D eigenvalue weighted by molar-refractivity contribution is -0.138. The van der Waals surface area contributed by atoms with Crippen LogP contribution in [-0.4, -0.2) is 36.1 Å². The zero-order valence-corrected chi connectivity index (χ0v) is 16.0. The quantitative estimate of drug-likeness (QED) is 0.830. The molecule has 1 aromatic heterocycles. The third kappa shape index (κ3) is 3.65. The third-order valence-electron chi connectivity index (χ3n) is 5.61. The van der Waals surface area contributed by atoms with E-state index in [9.17, 15) is 13.2 Å². The van der Waals surface area contributed by atoms with Gasteiger partial charge in [0.25, 0.3) is 0 Å². The van der Waals surface area contributed by atoms with Crippen LogP contribution in [0.15, 0.2) is 18.2 Å². The molecule has 28 heavy (non-hydrogen) atoms. The Morgan fingerprint density at radius 2 is 2.00 bits per heavy atom. The number of anilines is 3. The van der Waals surface area contributed by atoms with Crippen LogP contribution in [0.1, 0.15) is 35.2 Å². The molecule has 1 aromatic carbocycles. The predicted octanol–water partition coefficient (Wildman–Crippen LogP) is 3.83. The second-order valence-electron chi connectivity index (χ2n) is 7.52. The van der Waals surface area contributed by atoms with E-state index in [1.54, 1.807) is 6.07 Å². The Morgan fingerprint density at radius 1 is 1.18 bits per heavy atom. The normalized spacial score (nSPS) is 19.2. The highest BCUT2D eigenvalue weighted by Crippen LogP contribution is 2.35. The first-order valence-electron chi connectivity index (χ1n) is 9.62. The van der Waals surface area contributed by atoms with Crippen LogP contribution in [0.2, 0.25) is 0 Å². The summed E-state index contributed by atoms with van der Waals surface area (Å²) in [5.74, 6) is 1.28. The van der Waals surface area contributed by atoms with Gasteiger partial charge >= 0.3 is 6.18 Å². The van der Waals surface area contributed by atoms with Gasteiger partial charge in [0.15, 0.2) is 0 Å². The first-order valence-corrected chi connectivity index (χ1v) is 9.62. The van der Waals surface area contributed by atoms with Crippen molar-refractivity contribution in [2.24, 2.45) is 0 Å². The Kier molecular flexibility index (Phi) is 4.91. The monoisotopic (exact) mass is 391 g/mol. The zero-order chi connectivity index (χ0) is 19.9. The molecule has 0 amide bonds. The van der Waals surface area contributed by atoms with E-state index in [0.717, 1.165) is 56.4 Å². The Hall–Kier alpha value is -2.35. The summed E-state index contributed by atoms with van der Waals surface area (Å²) in [6.07, 6.45) is -0.472. The summed E-state index contributed by atoms with van der Waals surface area (Å²) in [6, 6.07) is 4.65. The van der Waals surface area contributed by atoms with Crippen LogP contribution in [0.3, 0.4) is 0 Å². The number of fused-ring (bicyclic) bond motifs is 1. The number of halogens is 3. The van der Waals surface area contributed by atoms with Crippen molar-refractivity contribution in [1.29, 1.82) is 0 Å². The molecule has 150 valence electrons. The molecule has 0 saturated carbocycles. The molecule has 8 heteroatoms. The summed E-state index contributed by atoms with van der Waals surface area (Å²) < 4.78 is 39.6. The Labute approximate surface area is 162 Å². The van der Waals surface area contributed by atoms with Gasteiger partial charge in [0.2, 0.25) is 5.95 Å². The van der Waals surface area contributed by atoms with E-state index in [2.05, 4.69) is 20.5 Å². The maximum atomic E-state index is 13.2. The summed E-state index contributed by atoms with van der Waals surface area (Å²) in [4.78, 5) is 11.5. The first-order chi connectivity index (χ1) is 13.3. The summed E-state index contributed by atoms with van der Waals surface area (Å²) in [7, 11) is 1.96. The molecule has 1 saturated heterocycles. The topological polar surface area (TPSA) is 53.1 Å². The fourth-order valence-corrected chi connectivity index (χ4v) is 4.05. The molecule has 1 aliphatic carbocycles. The number of nitrogens with one attached hydrogen (secondary N) is 2. The minimum atomic E-state index is -4.39. The lowest BCUT2D eigenvalue weighted by Crippen LogP contribution is -2.30. The molecule has 2 N–H and O–H groups in total. The van der Waals surface area contributed by atoms with Gasteiger partial charge in [0.1, 0.15) is 5.82 Å². The summed E-state index contributed by atoms with van der Waals surface area (Å²) in [6.45, 7) is 3.25. The summed E-state index contributed by atoms with van der Waals surface area (Å²) >= 11 is 0. The molecule has 2 heterocycles. The average molecular weight is 391 g/mol. The lowest BCUT2D eigenvalue weighted by Gasteiger charge is -2.21. The van der Waals surface area contributed by atoms with Crippen molar-refractivity contribution in [3.8, 4) is 0 Å². The van der Waals surface area contributed by atoms with Crippen molar-refractivity contribution in [2.75, 3.05) is 30.4 Å². The SMILES string of the molecule is CN[C@H]1CCN(c2nc(Nc3ccc(C)c(C(F)(F)F)c3)nc3c2CCC3)C1. The maximum absolute atomic E-state index is 13.2. The second-order valence-corrected chi connectivity index (χ2v) is 7.52. The van der Waals surface area contributed by atoms with Crippen molar-refractivity contribution < 1.29 is 13.2 Å². The van der Waals surface area contributed by atoms with Crippen molar-refractivity contribution >= 4 is 17.5 Å². The Bertz CT molecular complexity index is 881. The fraction of sp³-hybridized carbons (Fsp3) is 0.500. The highest BCUT2D eigenvalue weighted by atomic mass is 19.4. The molecule has 0 spiro atoms. The molecule has 5 nitrogen and oxygen atoms in total. The average Bonchev–Trinajstić information content (AvgIpc) is 3.30. The molecule has 2 aromatic rings. The number of nitrogens with zero attached hydrogens (tertiary/aromatic N) is 3. The van der Waals surface area contributed by atoms with Gasteiger partial charge in [-0.3, -0.25) is 0 Å². The number of alkyl halides is 3. The highest BCUT2D eigenvalue weighted by Gasteiger charge is 2.33. The molecule has 0 bridgehead atoms. The van der Waals surface area contributed by atoms with E-state index >= 15 is 0 Å². The number of aromatic nitrogens is 2. The second kappa shape index (κ2) is 7.24. The van der Waals surface area contributed by atoms with Gasteiger partial charge in [-0.1, -0.05) is 6.07 Å². The maximum Gasteiger partial charge on any atom is 0.416 e. The molecular formula is C20H24F3N5. The fourth-order valence-electron chi connectivity index (χ4n) is 4.05. The van der Waals surface area contributed by atoms with Gasteiger partial charge in [0.05, 0.1) is 11.3 Å². The zero-order valence-electron chi connectivity index (χ0n) is 16.0. The minimum absolute atomic E-state index is 0.198. The first kappa shape index (κ1) is 19.0. The predicted molar refractivity (Wildman–Crippen MR) is 103 cm³/mol. The molecule has 4 rings (SSSR count). The van der Waals surface area contributed by atoms with Crippen molar-refractivity contribution in [1.82, 2.24) is 15.3 Å². The van der Waals surface area contributed by atoms with E-state index in [0.29, 0.717) is 17.7 Å². The molecule has 2 aliphatic rings. The van der Waals surface area contributed by atoms with E-state index in [1.165, 1.54) is 18.6 Å². The van der Waals surface area contributed by atoms with Crippen LogP contribution in [0, 0.1) is 6.92 Å². The molecule has 0 unspecified atom stereocenters. The lowest BCUT2D eigenvalue weighted by atomic mass is 10.1. The van der Waals surface area contributed by atoms with Crippen LogP contribution in [0.4, 0.5) is 30.6 Å². The van der Waals surface area contributed by atoms with E-state index in [4.69, 9.17) is 4.98 Å². The van der Waals surface area contributed by atoms with Crippen molar-refractivity contribution in [3.05, 3.63) is 40.6 Å². The van der Waals surface area contributed by atoms with Gasteiger partial charge in [0, 0.05) is 30.4 Å². The highest BCUT2D eigenvalue weighted by molar-refractivity contribution is 5.61. The van der Waals surface area contributed by atoms with Crippen LogP contribution >= 0.6 is 0 Å². The Morgan fingerprint density at radius 3 is 2.71 bits per heavy atom. The van der Waals surface area contributed by atoms with Gasteiger partial charge in [-0.15, -0.1) is 0 Å². The van der Waals surface area contributed by atoms with Crippen molar-refractivity contribution in [3.63, 3.8) is 0 Å². The van der Waals surface area contributed by atoms with Crippen LogP contribution in [-0.2, 0) is 19.0 Å². The van der Waals surface area contributed by atoms with E-state index < -0.39 is 11.7 Å². The number of rotatable bonds is 4. The number of aryl methyl sites for hydroxylation is 2. The summed E-state index contributed by atoms with van der Waals surface area (Å²) in [5.41, 5.74) is 2.08. The van der Waals surface area contributed by atoms with Crippen molar-refractivity contribution in [2.45, 2.75) is 44.8 Å². The van der Waals surface area contributed by atoms with E-state index in [1.807, 2.05) is 7.05 Å². The van der Waals surface area contributed by atoms with Crippen LogP contribution < -0.4 is 15.5 Å². The standard InChI is InChI=1S/C20H24F3N5/c1-12-6-7-13(10-16(12)20(21,22)23)25-19-26-17-5-3-4-15(17)18(27-19)28-9-8-14(11-28)24-2/h6-7,10,14,24H,3-5,8-9,11H2,1-2H3,(H,25,26,27)/t14-/m0/s1. The molecule has 1 aliphatic heterocycles. The number of hydrogen-bond donors (Lipinski definition) is 2. The van der Waals surface area contributed by atoms with Gasteiger partial charge < -0.3 is 15.5 Å². The van der Waals surface area contributed by atoms with Crippen LogP contribution in [0.25, 0.3) is 0 Å². The number of benzene rings is 1. The molecule has 1 atom stereocenters. The number of likely N-dealkylation sites (N-methyl/N-ethyl adjacent to an activating group) is 1. The van der Waals surface area contributed by atoms with Crippen LogP contribution in [0.5, 0.6) is 0 Å². The summed E-state index contributed by atoms with van der Waals surface area (Å²) in [5, 5.41) is 6.30. The third-order valence-corrected chi connectivity index (χ3v) is 5.61.